The smallest absolute Gasteiger partial charge is 0.0597 e. The van der Waals surface area contributed by atoms with Crippen LogP contribution in [0.4, 0.5) is 0 Å². The highest BCUT2D eigenvalue weighted by atomic mass is 35.5. The number of hydrogen-bond donors (Lipinski definition) is 1. The number of halogens is 1. The average Bonchev–Trinajstić information content (AvgIpc) is 2.81. The summed E-state index contributed by atoms with van der Waals surface area (Å²) in [5, 5.41) is 5.04. The molecule has 0 spiro atoms. The first-order valence-electron chi connectivity index (χ1n) is 6.16. The maximum atomic E-state index is 6.30. The molecule has 0 aliphatic rings. The molecule has 0 aliphatic carbocycles. The Labute approximate surface area is 113 Å². The molecule has 1 atom stereocenters. The predicted octanol–water partition coefficient (Wildman–Crippen LogP) is 3.30. The van der Waals surface area contributed by atoms with Gasteiger partial charge in [0, 0.05) is 23.3 Å². The number of nitrogens with zero attached hydrogens (tertiary/aromatic N) is 2. The van der Waals surface area contributed by atoms with E-state index in [9.17, 15) is 0 Å². The zero-order chi connectivity index (χ0) is 13.1. The Kier molecular flexibility index (Phi) is 4.04. The molecular formula is C14H18ClN3. The van der Waals surface area contributed by atoms with Crippen molar-refractivity contribution in [1.82, 2.24) is 9.78 Å². The molecule has 1 aromatic carbocycles. The van der Waals surface area contributed by atoms with Crippen LogP contribution >= 0.6 is 11.6 Å². The van der Waals surface area contributed by atoms with E-state index in [1.165, 1.54) is 0 Å². The Morgan fingerprint density at radius 1 is 1.44 bits per heavy atom. The zero-order valence-corrected chi connectivity index (χ0v) is 11.5. The van der Waals surface area contributed by atoms with E-state index < -0.39 is 0 Å². The van der Waals surface area contributed by atoms with E-state index in [0.717, 1.165) is 34.7 Å². The molecule has 1 heterocycles. The van der Waals surface area contributed by atoms with Crippen molar-refractivity contribution in [2.75, 3.05) is 0 Å². The van der Waals surface area contributed by atoms with E-state index in [0.29, 0.717) is 0 Å². The van der Waals surface area contributed by atoms with Crippen LogP contribution in [-0.4, -0.2) is 9.78 Å². The van der Waals surface area contributed by atoms with Gasteiger partial charge in [-0.25, -0.2) is 0 Å². The molecule has 0 bridgehead atoms. The minimum Gasteiger partial charge on any atom is -0.320 e. The fourth-order valence-electron chi connectivity index (χ4n) is 1.98. The number of aromatic nitrogens is 2. The predicted molar refractivity (Wildman–Crippen MR) is 74.7 cm³/mol. The molecule has 18 heavy (non-hydrogen) atoms. The summed E-state index contributed by atoms with van der Waals surface area (Å²) in [7, 11) is 0. The van der Waals surface area contributed by atoms with E-state index >= 15 is 0 Å². The summed E-state index contributed by atoms with van der Waals surface area (Å²) < 4.78 is 1.92. The van der Waals surface area contributed by atoms with E-state index in [-0.39, 0.29) is 6.04 Å². The van der Waals surface area contributed by atoms with Gasteiger partial charge in [-0.15, -0.1) is 0 Å². The van der Waals surface area contributed by atoms with Crippen molar-refractivity contribution < 1.29 is 0 Å². The second kappa shape index (κ2) is 5.55. The molecule has 0 saturated heterocycles. The van der Waals surface area contributed by atoms with Crippen LogP contribution in [-0.2, 0) is 6.54 Å². The lowest BCUT2D eigenvalue weighted by Crippen LogP contribution is -2.12. The highest BCUT2D eigenvalue weighted by Crippen LogP contribution is 2.28. The number of benzene rings is 1. The standard InChI is InChI=1S/C14H18ClN3/c1-3-7-18-9-11(8-17-18)14(16)12-6-4-5-10(2)13(12)15/h4-6,8-9,14H,3,7,16H2,1-2H3. The van der Waals surface area contributed by atoms with Crippen LogP contribution in [0, 0.1) is 6.92 Å². The van der Waals surface area contributed by atoms with Crippen LogP contribution in [0.1, 0.15) is 36.1 Å². The van der Waals surface area contributed by atoms with Crippen molar-refractivity contribution in [2.45, 2.75) is 32.9 Å². The van der Waals surface area contributed by atoms with Gasteiger partial charge in [-0.3, -0.25) is 4.68 Å². The third kappa shape index (κ3) is 2.57. The minimum atomic E-state index is -0.219. The van der Waals surface area contributed by atoms with Crippen LogP contribution < -0.4 is 5.73 Å². The molecule has 0 fully saturated rings. The van der Waals surface area contributed by atoms with Gasteiger partial charge in [-0.05, 0) is 24.5 Å². The normalized spacial score (nSPS) is 12.7. The van der Waals surface area contributed by atoms with E-state index in [1.54, 1.807) is 0 Å². The van der Waals surface area contributed by atoms with Crippen LogP contribution in [0.25, 0.3) is 0 Å². The van der Waals surface area contributed by atoms with Crippen molar-refractivity contribution in [3.63, 3.8) is 0 Å². The second-order valence-corrected chi connectivity index (χ2v) is 4.87. The summed E-state index contributed by atoms with van der Waals surface area (Å²) in [6, 6.07) is 5.71. The van der Waals surface area contributed by atoms with Crippen molar-refractivity contribution >= 4 is 11.6 Å². The Bertz CT molecular complexity index is 534. The van der Waals surface area contributed by atoms with Crippen LogP contribution in [0.5, 0.6) is 0 Å². The van der Waals surface area contributed by atoms with Gasteiger partial charge in [-0.2, -0.15) is 5.10 Å². The Balaban J connectivity index is 2.29. The number of hydrogen-bond acceptors (Lipinski definition) is 2. The fraction of sp³-hybridized carbons (Fsp3) is 0.357. The molecule has 2 N–H and O–H groups in total. The first kappa shape index (κ1) is 13.1. The van der Waals surface area contributed by atoms with Gasteiger partial charge in [-0.1, -0.05) is 36.7 Å². The van der Waals surface area contributed by atoms with Gasteiger partial charge in [0.15, 0.2) is 0 Å². The Morgan fingerprint density at radius 2 is 2.22 bits per heavy atom. The summed E-state index contributed by atoms with van der Waals surface area (Å²) in [5.74, 6) is 0. The second-order valence-electron chi connectivity index (χ2n) is 4.49. The first-order valence-corrected chi connectivity index (χ1v) is 6.54. The highest BCUT2D eigenvalue weighted by Gasteiger charge is 2.15. The largest absolute Gasteiger partial charge is 0.320 e. The number of rotatable bonds is 4. The molecule has 0 radical (unpaired) electrons. The highest BCUT2D eigenvalue weighted by molar-refractivity contribution is 6.32. The summed E-state index contributed by atoms with van der Waals surface area (Å²) in [4.78, 5) is 0. The van der Waals surface area contributed by atoms with Crippen LogP contribution in [0.15, 0.2) is 30.6 Å². The molecule has 3 nitrogen and oxygen atoms in total. The van der Waals surface area contributed by atoms with Crippen molar-refractivity contribution in [3.8, 4) is 0 Å². The van der Waals surface area contributed by atoms with Crippen molar-refractivity contribution in [2.24, 2.45) is 5.73 Å². The van der Waals surface area contributed by atoms with Crippen LogP contribution in [0.3, 0.4) is 0 Å². The summed E-state index contributed by atoms with van der Waals surface area (Å²) in [5.41, 5.74) is 9.25. The molecule has 2 rings (SSSR count). The van der Waals surface area contributed by atoms with E-state index in [2.05, 4.69) is 12.0 Å². The SMILES string of the molecule is CCCn1cc(C(N)c2cccc(C)c2Cl)cn1. The Morgan fingerprint density at radius 3 is 2.94 bits per heavy atom. The van der Waals surface area contributed by atoms with Gasteiger partial charge in [0.2, 0.25) is 0 Å². The third-order valence-electron chi connectivity index (χ3n) is 3.02. The Hall–Kier alpha value is -1.32. The summed E-state index contributed by atoms with van der Waals surface area (Å²) in [6.07, 6.45) is 4.87. The molecule has 0 saturated carbocycles. The monoisotopic (exact) mass is 263 g/mol. The lowest BCUT2D eigenvalue weighted by Gasteiger charge is -2.13. The molecular weight excluding hydrogens is 246 g/mol. The molecule has 0 aliphatic heterocycles. The van der Waals surface area contributed by atoms with Crippen LogP contribution in [0.2, 0.25) is 5.02 Å². The van der Waals surface area contributed by atoms with Gasteiger partial charge in [0.05, 0.1) is 12.2 Å². The lowest BCUT2D eigenvalue weighted by atomic mass is 10.0. The van der Waals surface area contributed by atoms with Gasteiger partial charge >= 0.3 is 0 Å². The first-order chi connectivity index (χ1) is 8.63. The molecule has 0 amide bonds. The van der Waals surface area contributed by atoms with Gasteiger partial charge in [0.25, 0.3) is 0 Å². The topological polar surface area (TPSA) is 43.8 Å². The molecule has 96 valence electrons. The lowest BCUT2D eigenvalue weighted by molar-refractivity contribution is 0.602. The number of nitrogens with two attached hydrogens (primary N) is 1. The third-order valence-corrected chi connectivity index (χ3v) is 3.54. The maximum Gasteiger partial charge on any atom is 0.0597 e. The van der Waals surface area contributed by atoms with E-state index in [1.807, 2.05) is 42.2 Å². The molecule has 4 heteroatoms. The van der Waals surface area contributed by atoms with Crippen molar-refractivity contribution in [1.29, 1.82) is 0 Å². The summed E-state index contributed by atoms with van der Waals surface area (Å²) in [6.45, 7) is 5.02. The maximum absolute atomic E-state index is 6.30. The quantitative estimate of drug-likeness (QED) is 0.920. The minimum absolute atomic E-state index is 0.219. The zero-order valence-electron chi connectivity index (χ0n) is 10.7. The van der Waals surface area contributed by atoms with Gasteiger partial charge in [0.1, 0.15) is 0 Å². The number of aryl methyl sites for hydroxylation is 2. The summed E-state index contributed by atoms with van der Waals surface area (Å²) >= 11 is 6.30. The molecule has 1 unspecified atom stereocenters. The van der Waals surface area contributed by atoms with E-state index in [4.69, 9.17) is 17.3 Å². The molecule has 2 aromatic rings. The average molecular weight is 264 g/mol. The molecule has 1 aromatic heterocycles. The van der Waals surface area contributed by atoms with Crippen molar-refractivity contribution in [3.05, 3.63) is 52.3 Å². The van der Waals surface area contributed by atoms with Gasteiger partial charge < -0.3 is 5.73 Å². The fourth-order valence-corrected chi connectivity index (χ4v) is 2.22.